The number of amides is 2. The number of nitrogens with zero attached hydrogens (tertiary/aromatic N) is 3. The van der Waals surface area contributed by atoms with E-state index in [1.165, 1.54) is 0 Å². The fourth-order valence-electron chi connectivity index (χ4n) is 3.93. The summed E-state index contributed by atoms with van der Waals surface area (Å²) in [5.41, 5.74) is 1.04. The second kappa shape index (κ2) is 9.37. The van der Waals surface area contributed by atoms with E-state index < -0.39 is 0 Å². The van der Waals surface area contributed by atoms with Crippen LogP contribution in [0.25, 0.3) is 0 Å². The monoisotopic (exact) mass is 349 g/mol. The third-order valence-electron chi connectivity index (χ3n) is 5.64. The molecular formula is C20H35N3O2. The number of rotatable bonds is 5. The van der Waals surface area contributed by atoms with E-state index in [2.05, 4.69) is 11.9 Å². The third kappa shape index (κ3) is 6.14. The van der Waals surface area contributed by atoms with Crippen LogP contribution in [0.5, 0.6) is 0 Å². The van der Waals surface area contributed by atoms with E-state index in [0.717, 1.165) is 63.9 Å². The van der Waals surface area contributed by atoms with Gasteiger partial charge in [-0.3, -0.25) is 9.59 Å². The predicted octanol–water partition coefficient (Wildman–Crippen LogP) is 2.52. The fraction of sp³-hybridized carbons (Fsp3) is 0.800. The highest BCUT2D eigenvalue weighted by Crippen LogP contribution is 2.23. The molecule has 2 saturated heterocycles. The Kier molecular flexibility index (Phi) is 7.48. The summed E-state index contributed by atoms with van der Waals surface area (Å²) in [5.74, 6) is 0.847. The number of hydrogen-bond acceptors (Lipinski definition) is 3. The average molecular weight is 350 g/mol. The van der Waals surface area contributed by atoms with Crippen LogP contribution >= 0.6 is 0 Å². The molecule has 0 aromatic carbocycles. The first-order valence-corrected chi connectivity index (χ1v) is 9.75. The van der Waals surface area contributed by atoms with Gasteiger partial charge in [-0.1, -0.05) is 5.57 Å². The zero-order valence-corrected chi connectivity index (χ0v) is 16.5. The minimum Gasteiger partial charge on any atom is -0.343 e. The SMILES string of the molecule is CC(C)=CC(=O)N1CCCC(CCC(=O)N(C)C2CCN(C)CC2)C1. The van der Waals surface area contributed by atoms with Gasteiger partial charge in [0, 0.05) is 38.7 Å². The molecule has 2 heterocycles. The van der Waals surface area contributed by atoms with E-state index in [1.807, 2.05) is 30.7 Å². The Morgan fingerprint density at radius 3 is 2.44 bits per heavy atom. The van der Waals surface area contributed by atoms with Crippen molar-refractivity contribution in [3.05, 3.63) is 11.6 Å². The van der Waals surface area contributed by atoms with E-state index >= 15 is 0 Å². The molecule has 142 valence electrons. The highest BCUT2D eigenvalue weighted by molar-refractivity contribution is 5.88. The van der Waals surface area contributed by atoms with Gasteiger partial charge in [0.2, 0.25) is 11.8 Å². The fourth-order valence-corrected chi connectivity index (χ4v) is 3.93. The lowest BCUT2D eigenvalue weighted by molar-refractivity contribution is -0.133. The molecule has 0 spiro atoms. The Balaban J connectivity index is 1.77. The molecule has 2 rings (SSSR count). The van der Waals surface area contributed by atoms with Crippen LogP contribution in [0.3, 0.4) is 0 Å². The standard InChI is InChI=1S/C20H35N3O2/c1-16(2)14-20(25)23-11-5-6-17(15-23)7-8-19(24)22(4)18-9-12-21(3)13-10-18/h14,17-18H,5-13,15H2,1-4H3. The zero-order valence-electron chi connectivity index (χ0n) is 16.5. The van der Waals surface area contributed by atoms with Gasteiger partial charge in [0.15, 0.2) is 0 Å². The topological polar surface area (TPSA) is 43.9 Å². The maximum absolute atomic E-state index is 12.5. The smallest absolute Gasteiger partial charge is 0.246 e. The lowest BCUT2D eigenvalue weighted by Crippen LogP contribution is -2.44. The van der Waals surface area contributed by atoms with E-state index in [0.29, 0.717) is 18.4 Å². The van der Waals surface area contributed by atoms with Gasteiger partial charge in [-0.25, -0.2) is 0 Å². The maximum Gasteiger partial charge on any atom is 0.246 e. The molecule has 0 N–H and O–H groups in total. The number of carbonyl (C=O) groups excluding carboxylic acids is 2. The van der Waals surface area contributed by atoms with Crippen LogP contribution < -0.4 is 0 Å². The molecule has 0 bridgehead atoms. The molecule has 0 aromatic rings. The summed E-state index contributed by atoms with van der Waals surface area (Å²) in [6, 6.07) is 0.394. The molecular weight excluding hydrogens is 314 g/mol. The number of likely N-dealkylation sites (tertiary alicyclic amines) is 2. The van der Waals surface area contributed by atoms with Crippen molar-refractivity contribution in [3.63, 3.8) is 0 Å². The zero-order chi connectivity index (χ0) is 18.4. The van der Waals surface area contributed by atoms with Gasteiger partial charge in [0.05, 0.1) is 0 Å². The van der Waals surface area contributed by atoms with Gasteiger partial charge in [-0.05, 0) is 72.0 Å². The molecule has 2 fully saturated rings. The highest BCUT2D eigenvalue weighted by atomic mass is 16.2. The molecule has 25 heavy (non-hydrogen) atoms. The number of carbonyl (C=O) groups is 2. The predicted molar refractivity (Wildman–Crippen MR) is 101 cm³/mol. The molecule has 0 aromatic heterocycles. The molecule has 1 unspecified atom stereocenters. The van der Waals surface area contributed by atoms with E-state index in [4.69, 9.17) is 0 Å². The minimum absolute atomic E-state index is 0.125. The van der Waals surface area contributed by atoms with Crippen LogP contribution in [-0.4, -0.2) is 72.8 Å². The summed E-state index contributed by atoms with van der Waals surface area (Å²) in [6.45, 7) is 7.71. The first kappa shape index (κ1) is 20.0. The average Bonchev–Trinajstić information content (AvgIpc) is 2.59. The molecule has 2 amide bonds. The van der Waals surface area contributed by atoms with Gasteiger partial charge in [0.1, 0.15) is 0 Å². The van der Waals surface area contributed by atoms with E-state index in [1.54, 1.807) is 6.08 Å². The molecule has 5 heteroatoms. The van der Waals surface area contributed by atoms with Gasteiger partial charge in [-0.2, -0.15) is 0 Å². The summed E-state index contributed by atoms with van der Waals surface area (Å²) < 4.78 is 0. The summed E-state index contributed by atoms with van der Waals surface area (Å²) in [5, 5.41) is 0. The summed E-state index contributed by atoms with van der Waals surface area (Å²) in [6.07, 6.45) is 7.56. The normalized spacial score (nSPS) is 22.6. The van der Waals surface area contributed by atoms with Crippen LogP contribution in [0, 0.1) is 5.92 Å². The minimum atomic E-state index is 0.125. The highest BCUT2D eigenvalue weighted by Gasteiger charge is 2.26. The van der Waals surface area contributed by atoms with Crippen molar-refractivity contribution in [3.8, 4) is 0 Å². The lowest BCUT2D eigenvalue weighted by Gasteiger charge is -2.36. The van der Waals surface area contributed by atoms with Crippen molar-refractivity contribution in [2.45, 2.75) is 58.4 Å². The van der Waals surface area contributed by atoms with Crippen molar-refractivity contribution in [2.24, 2.45) is 5.92 Å². The van der Waals surface area contributed by atoms with Crippen molar-refractivity contribution < 1.29 is 9.59 Å². The Bertz CT molecular complexity index is 491. The molecule has 2 aliphatic heterocycles. The summed E-state index contributed by atoms with van der Waals surface area (Å²) in [4.78, 5) is 31.0. The summed E-state index contributed by atoms with van der Waals surface area (Å²) in [7, 11) is 4.10. The summed E-state index contributed by atoms with van der Waals surface area (Å²) >= 11 is 0. The van der Waals surface area contributed by atoms with Crippen LogP contribution in [0.2, 0.25) is 0 Å². The van der Waals surface area contributed by atoms with Crippen molar-refractivity contribution >= 4 is 11.8 Å². The van der Waals surface area contributed by atoms with Gasteiger partial charge >= 0.3 is 0 Å². The lowest BCUT2D eigenvalue weighted by atomic mass is 9.92. The Labute approximate surface area is 153 Å². The quantitative estimate of drug-likeness (QED) is 0.717. The van der Waals surface area contributed by atoms with Crippen molar-refractivity contribution in [1.82, 2.24) is 14.7 Å². The Morgan fingerprint density at radius 1 is 1.12 bits per heavy atom. The van der Waals surface area contributed by atoms with Gasteiger partial charge < -0.3 is 14.7 Å². The molecule has 2 aliphatic rings. The first-order chi connectivity index (χ1) is 11.9. The molecule has 0 aliphatic carbocycles. The Hall–Kier alpha value is -1.36. The van der Waals surface area contributed by atoms with Gasteiger partial charge in [-0.15, -0.1) is 0 Å². The van der Waals surface area contributed by atoms with Crippen LogP contribution in [-0.2, 0) is 9.59 Å². The van der Waals surface area contributed by atoms with Crippen LogP contribution in [0.4, 0.5) is 0 Å². The number of allylic oxidation sites excluding steroid dienone is 1. The Morgan fingerprint density at radius 2 is 1.80 bits per heavy atom. The number of hydrogen-bond donors (Lipinski definition) is 0. The molecule has 0 radical (unpaired) electrons. The number of piperidine rings is 2. The van der Waals surface area contributed by atoms with Crippen molar-refractivity contribution in [2.75, 3.05) is 40.3 Å². The molecule has 1 atom stereocenters. The van der Waals surface area contributed by atoms with E-state index in [-0.39, 0.29) is 11.8 Å². The molecule has 0 saturated carbocycles. The second-order valence-corrected chi connectivity index (χ2v) is 8.09. The van der Waals surface area contributed by atoms with Gasteiger partial charge in [0.25, 0.3) is 0 Å². The molecule has 5 nitrogen and oxygen atoms in total. The van der Waals surface area contributed by atoms with Crippen LogP contribution in [0.1, 0.15) is 52.4 Å². The van der Waals surface area contributed by atoms with Crippen LogP contribution in [0.15, 0.2) is 11.6 Å². The van der Waals surface area contributed by atoms with Crippen molar-refractivity contribution in [1.29, 1.82) is 0 Å². The first-order valence-electron chi connectivity index (χ1n) is 9.75. The maximum atomic E-state index is 12.5. The van der Waals surface area contributed by atoms with E-state index in [9.17, 15) is 9.59 Å². The third-order valence-corrected chi connectivity index (χ3v) is 5.64. The second-order valence-electron chi connectivity index (χ2n) is 8.09. The largest absolute Gasteiger partial charge is 0.343 e.